The van der Waals surface area contributed by atoms with Crippen molar-refractivity contribution < 1.29 is 9.59 Å². The van der Waals surface area contributed by atoms with Crippen molar-refractivity contribution in [1.29, 1.82) is 0 Å². The Balaban J connectivity index is 1.64. The summed E-state index contributed by atoms with van der Waals surface area (Å²) in [7, 11) is 2.11. The number of rotatable bonds is 8. The molecular formula is C30H37ClN6O2. The molecule has 0 spiro atoms. The summed E-state index contributed by atoms with van der Waals surface area (Å²) in [5.74, 6) is -0.363. The Morgan fingerprint density at radius 1 is 0.923 bits per heavy atom. The van der Waals surface area contributed by atoms with E-state index in [2.05, 4.69) is 39.6 Å². The van der Waals surface area contributed by atoms with Gasteiger partial charge >= 0.3 is 0 Å². The van der Waals surface area contributed by atoms with E-state index in [0.29, 0.717) is 41.3 Å². The smallest absolute Gasteiger partial charge is 0.257 e. The maximum atomic E-state index is 13.5. The average Bonchev–Trinajstić information content (AvgIpc) is 2.93. The van der Waals surface area contributed by atoms with Crippen molar-refractivity contribution in [3.05, 3.63) is 70.2 Å². The third-order valence-electron chi connectivity index (χ3n) is 7.30. The Bertz CT molecular complexity index is 1350. The predicted molar refractivity (Wildman–Crippen MR) is 162 cm³/mol. The molecule has 0 bridgehead atoms. The van der Waals surface area contributed by atoms with Gasteiger partial charge in [-0.05, 0) is 86.4 Å². The zero-order valence-corrected chi connectivity index (χ0v) is 23.6. The van der Waals surface area contributed by atoms with Gasteiger partial charge in [0.15, 0.2) is 0 Å². The van der Waals surface area contributed by atoms with Crippen LogP contribution in [0.15, 0.2) is 48.5 Å². The number of hydrogen-bond donors (Lipinski definition) is 4. The Kier molecular flexibility index (Phi) is 9.12. The topological polar surface area (TPSA) is 117 Å². The molecule has 2 amide bonds. The molecule has 3 aromatic rings. The monoisotopic (exact) mass is 548 g/mol. The molecule has 1 aliphatic rings. The van der Waals surface area contributed by atoms with Crippen LogP contribution < -0.4 is 27.0 Å². The van der Waals surface area contributed by atoms with Crippen LogP contribution in [0.5, 0.6) is 0 Å². The molecule has 3 aromatic carbocycles. The van der Waals surface area contributed by atoms with E-state index in [1.165, 1.54) is 0 Å². The standard InChI is InChI=1S/C30H37ClN6O2/c1-19-20(2)29(31)24(18-25(19)33)30(39)35-26-17-22(8-11-27(26)37-15-13-36(3)14-16-37)21-6-9-23(10-7-21)34-28(38)5-4-12-32/h6-11,17-18H,4-5,12-16,32-33H2,1-3H3,(H,34,38)(H,35,39). The number of nitrogens with two attached hydrogens (primary N) is 2. The Hall–Kier alpha value is -3.59. The minimum absolute atomic E-state index is 0.0552. The molecule has 8 nitrogen and oxygen atoms in total. The van der Waals surface area contributed by atoms with Gasteiger partial charge in [0.25, 0.3) is 5.91 Å². The molecule has 1 saturated heterocycles. The molecule has 0 atom stereocenters. The van der Waals surface area contributed by atoms with Gasteiger partial charge in [0.1, 0.15) is 0 Å². The summed E-state index contributed by atoms with van der Waals surface area (Å²) in [6, 6.07) is 15.4. The van der Waals surface area contributed by atoms with E-state index < -0.39 is 0 Å². The summed E-state index contributed by atoms with van der Waals surface area (Å²) in [5.41, 5.74) is 18.5. The molecule has 206 valence electrons. The maximum absolute atomic E-state index is 13.5. The molecule has 6 N–H and O–H groups in total. The fourth-order valence-electron chi connectivity index (χ4n) is 4.64. The zero-order valence-electron chi connectivity index (χ0n) is 22.8. The molecule has 0 saturated carbocycles. The summed E-state index contributed by atoms with van der Waals surface area (Å²) >= 11 is 6.57. The first-order valence-electron chi connectivity index (χ1n) is 13.2. The SMILES string of the molecule is Cc1c(N)cc(C(=O)Nc2cc(-c3ccc(NC(=O)CCCN)cc3)ccc2N2CCN(C)CC2)c(Cl)c1C. The summed E-state index contributed by atoms with van der Waals surface area (Å²) < 4.78 is 0. The molecule has 9 heteroatoms. The van der Waals surface area contributed by atoms with Crippen LogP contribution in [0.2, 0.25) is 5.02 Å². The Morgan fingerprint density at radius 2 is 1.59 bits per heavy atom. The van der Waals surface area contributed by atoms with E-state index in [9.17, 15) is 9.59 Å². The van der Waals surface area contributed by atoms with Crippen LogP contribution in [0.25, 0.3) is 11.1 Å². The van der Waals surface area contributed by atoms with Gasteiger partial charge in [0, 0.05) is 44.0 Å². The van der Waals surface area contributed by atoms with Crippen LogP contribution in [0.1, 0.15) is 34.3 Å². The van der Waals surface area contributed by atoms with Crippen molar-refractivity contribution in [3.63, 3.8) is 0 Å². The highest BCUT2D eigenvalue weighted by Crippen LogP contribution is 2.35. The van der Waals surface area contributed by atoms with Gasteiger partial charge in [-0.2, -0.15) is 0 Å². The van der Waals surface area contributed by atoms with Crippen LogP contribution >= 0.6 is 11.6 Å². The quantitative estimate of drug-likeness (QED) is 0.298. The van der Waals surface area contributed by atoms with Crippen LogP contribution in [0.4, 0.5) is 22.7 Å². The third kappa shape index (κ3) is 6.71. The first-order chi connectivity index (χ1) is 18.7. The average molecular weight is 549 g/mol. The molecule has 1 heterocycles. The molecule has 4 rings (SSSR count). The summed E-state index contributed by atoms with van der Waals surface area (Å²) in [6.07, 6.45) is 1.04. The predicted octanol–water partition coefficient (Wildman–Crippen LogP) is 4.89. The van der Waals surface area contributed by atoms with E-state index >= 15 is 0 Å². The Labute approximate surface area is 235 Å². The molecular weight excluding hydrogens is 512 g/mol. The number of piperazine rings is 1. The van der Waals surface area contributed by atoms with Gasteiger partial charge in [-0.25, -0.2) is 0 Å². The van der Waals surface area contributed by atoms with Crippen LogP contribution in [0, 0.1) is 13.8 Å². The lowest BCUT2D eigenvalue weighted by Gasteiger charge is -2.35. The summed E-state index contributed by atoms with van der Waals surface area (Å²) in [5, 5.41) is 6.42. The normalized spacial score (nSPS) is 13.8. The highest BCUT2D eigenvalue weighted by atomic mass is 35.5. The number of nitrogen functional groups attached to an aromatic ring is 1. The largest absolute Gasteiger partial charge is 0.398 e. The van der Waals surface area contributed by atoms with E-state index in [1.54, 1.807) is 6.07 Å². The van der Waals surface area contributed by atoms with Crippen molar-refractivity contribution in [2.75, 3.05) is 61.0 Å². The number of nitrogens with zero attached hydrogens (tertiary/aromatic N) is 2. The van der Waals surface area contributed by atoms with E-state index in [-0.39, 0.29) is 11.8 Å². The minimum Gasteiger partial charge on any atom is -0.398 e. The third-order valence-corrected chi connectivity index (χ3v) is 7.79. The van der Waals surface area contributed by atoms with Gasteiger partial charge in [-0.15, -0.1) is 0 Å². The van der Waals surface area contributed by atoms with Crippen LogP contribution in [-0.2, 0) is 4.79 Å². The van der Waals surface area contributed by atoms with Crippen molar-refractivity contribution >= 4 is 46.2 Å². The molecule has 0 aliphatic carbocycles. The van der Waals surface area contributed by atoms with E-state index in [1.807, 2.05) is 44.2 Å². The lowest BCUT2D eigenvalue weighted by Crippen LogP contribution is -2.44. The second-order valence-electron chi connectivity index (χ2n) is 10.1. The van der Waals surface area contributed by atoms with Crippen molar-refractivity contribution in [3.8, 4) is 11.1 Å². The highest BCUT2D eigenvalue weighted by molar-refractivity contribution is 6.35. The van der Waals surface area contributed by atoms with Gasteiger partial charge in [0.05, 0.1) is 22.0 Å². The number of carbonyl (C=O) groups excluding carboxylic acids is 2. The lowest BCUT2D eigenvalue weighted by atomic mass is 10.0. The van der Waals surface area contributed by atoms with Gasteiger partial charge < -0.3 is 31.9 Å². The molecule has 0 unspecified atom stereocenters. The molecule has 1 fully saturated rings. The molecule has 39 heavy (non-hydrogen) atoms. The van der Waals surface area contributed by atoms with Crippen molar-refractivity contribution in [1.82, 2.24) is 4.90 Å². The second-order valence-corrected chi connectivity index (χ2v) is 10.4. The first kappa shape index (κ1) is 28.4. The van der Waals surface area contributed by atoms with Crippen molar-refractivity contribution in [2.24, 2.45) is 5.73 Å². The fraction of sp³-hybridized carbons (Fsp3) is 0.333. The Morgan fingerprint density at radius 3 is 2.26 bits per heavy atom. The minimum atomic E-state index is -0.308. The zero-order chi connectivity index (χ0) is 28.1. The maximum Gasteiger partial charge on any atom is 0.257 e. The molecule has 0 radical (unpaired) electrons. The van der Waals surface area contributed by atoms with Gasteiger partial charge in [-0.3, -0.25) is 9.59 Å². The highest BCUT2D eigenvalue weighted by Gasteiger charge is 2.21. The number of anilines is 4. The molecule has 1 aliphatic heterocycles. The number of benzene rings is 3. The van der Waals surface area contributed by atoms with Gasteiger partial charge in [-0.1, -0.05) is 29.8 Å². The van der Waals surface area contributed by atoms with Gasteiger partial charge in [0.2, 0.25) is 5.91 Å². The number of halogens is 1. The van der Waals surface area contributed by atoms with Crippen LogP contribution in [-0.4, -0.2) is 56.5 Å². The number of amides is 2. The summed E-state index contributed by atoms with van der Waals surface area (Å²) in [6.45, 7) is 7.83. The van der Waals surface area contributed by atoms with E-state index in [0.717, 1.165) is 59.8 Å². The van der Waals surface area contributed by atoms with Crippen molar-refractivity contribution in [2.45, 2.75) is 26.7 Å². The fourth-order valence-corrected chi connectivity index (χ4v) is 4.92. The molecule has 0 aromatic heterocycles. The number of nitrogens with one attached hydrogen (secondary N) is 2. The lowest BCUT2D eigenvalue weighted by molar-refractivity contribution is -0.116. The summed E-state index contributed by atoms with van der Waals surface area (Å²) in [4.78, 5) is 30.1. The second kappa shape index (κ2) is 12.5. The van der Waals surface area contributed by atoms with Crippen LogP contribution in [0.3, 0.4) is 0 Å². The van der Waals surface area contributed by atoms with E-state index in [4.69, 9.17) is 23.1 Å². The first-order valence-corrected chi connectivity index (χ1v) is 13.6. The number of carbonyl (C=O) groups is 2. The number of likely N-dealkylation sites (N-methyl/N-ethyl adjacent to an activating group) is 1. The number of hydrogen-bond acceptors (Lipinski definition) is 6.